The van der Waals surface area contributed by atoms with Crippen LogP contribution in [0.5, 0.6) is 5.75 Å². The number of nitrogens with zero attached hydrogens (tertiary/aromatic N) is 3. The minimum atomic E-state index is -0.948. The van der Waals surface area contributed by atoms with Crippen LogP contribution in [0.2, 0.25) is 0 Å². The number of benzene rings is 1. The molecule has 0 amide bonds. The first-order chi connectivity index (χ1) is 10.0. The molecule has 1 heterocycles. The molecule has 1 N–H and O–H groups in total. The first kappa shape index (κ1) is 15.1. The number of aryl methyl sites for hydroxylation is 1. The molecule has 0 aliphatic heterocycles. The maximum absolute atomic E-state index is 11.2. The Balaban J connectivity index is 2.06. The lowest BCUT2D eigenvalue weighted by Crippen LogP contribution is -2.20. The van der Waals surface area contributed by atoms with E-state index in [2.05, 4.69) is 5.10 Å². The normalized spacial score (nSPS) is 10.9. The Labute approximate surface area is 123 Å². The molecule has 0 aliphatic rings. The zero-order valence-corrected chi connectivity index (χ0v) is 12.4. The predicted molar refractivity (Wildman–Crippen MR) is 78.3 cm³/mol. The predicted octanol–water partition coefficient (Wildman–Crippen LogP) is 1.76. The molecule has 1 aromatic carbocycles. The van der Waals surface area contributed by atoms with Gasteiger partial charge >= 0.3 is 5.97 Å². The van der Waals surface area contributed by atoms with E-state index in [0.29, 0.717) is 18.8 Å². The molecule has 2 rings (SSSR count). The summed E-state index contributed by atoms with van der Waals surface area (Å²) in [5.74, 6) is -0.128. The van der Waals surface area contributed by atoms with Crippen LogP contribution >= 0.6 is 0 Å². The van der Waals surface area contributed by atoms with Crippen molar-refractivity contribution in [3.63, 3.8) is 0 Å². The van der Waals surface area contributed by atoms with Crippen LogP contribution in [-0.2, 0) is 20.1 Å². The fourth-order valence-corrected chi connectivity index (χ4v) is 2.18. The smallest absolute Gasteiger partial charge is 0.339 e. The summed E-state index contributed by atoms with van der Waals surface area (Å²) >= 11 is 0. The van der Waals surface area contributed by atoms with Crippen molar-refractivity contribution in [3.05, 3.63) is 47.3 Å². The lowest BCUT2D eigenvalue weighted by Gasteiger charge is -2.17. The lowest BCUT2D eigenvalue weighted by molar-refractivity contribution is 0.0694. The number of carboxylic acids is 1. The third-order valence-corrected chi connectivity index (χ3v) is 3.32. The highest BCUT2D eigenvalue weighted by Crippen LogP contribution is 2.15. The molecule has 2 aromatic rings. The molecule has 112 valence electrons. The third kappa shape index (κ3) is 3.61. The van der Waals surface area contributed by atoms with Gasteiger partial charge in [0.05, 0.1) is 19.0 Å². The topological polar surface area (TPSA) is 67.6 Å². The molecule has 6 nitrogen and oxygen atoms in total. The average molecular weight is 289 g/mol. The van der Waals surface area contributed by atoms with Crippen LogP contribution in [0.3, 0.4) is 0 Å². The molecule has 0 unspecified atom stereocenters. The first-order valence-corrected chi connectivity index (χ1v) is 6.57. The zero-order valence-electron chi connectivity index (χ0n) is 12.4. The molecule has 0 bridgehead atoms. The van der Waals surface area contributed by atoms with Crippen molar-refractivity contribution in [1.29, 1.82) is 0 Å². The van der Waals surface area contributed by atoms with E-state index in [4.69, 9.17) is 9.84 Å². The minimum absolute atomic E-state index is 0.249. The molecule has 0 saturated carbocycles. The highest BCUT2D eigenvalue weighted by Gasteiger charge is 2.16. The van der Waals surface area contributed by atoms with Crippen molar-refractivity contribution in [2.24, 2.45) is 7.05 Å². The van der Waals surface area contributed by atoms with Gasteiger partial charge in [0.25, 0.3) is 0 Å². The Morgan fingerprint density at radius 3 is 2.57 bits per heavy atom. The Morgan fingerprint density at radius 1 is 1.33 bits per heavy atom. The van der Waals surface area contributed by atoms with Crippen LogP contribution in [0.25, 0.3) is 0 Å². The van der Waals surface area contributed by atoms with Gasteiger partial charge in [0.1, 0.15) is 11.3 Å². The van der Waals surface area contributed by atoms with E-state index < -0.39 is 5.97 Å². The van der Waals surface area contributed by atoms with Crippen molar-refractivity contribution in [2.45, 2.75) is 13.1 Å². The standard InChI is InChI=1S/C15H19N3O3/c1-17(9-11-4-6-12(21-3)7-5-11)10-14-13(15(19)20)8-16-18(14)2/h4-8H,9-10H2,1-3H3,(H,19,20). The van der Waals surface area contributed by atoms with Gasteiger partial charge in [-0.1, -0.05) is 12.1 Å². The summed E-state index contributed by atoms with van der Waals surface area (Å²) < 4.78 is 6.73. The highest BCUT2D eigenvalue weighted by atomic mass is 16.5. The largest absolute Gasteiger partial charge is 0.497 e. The number of methoxy groups -OCH3 is 1. The Morgan fingerprint density at radius 2 is 2.00 bits per heavy atom. The van der Waals surface area contributed by atoms with Gasteiger partial charge in [-0.15, -0.1) is 0 Å². The number of aromatic nitrogens is 2. The number of rotatable bonds is 6. The molecule has 0 spiro atoms. The average Bonchev–Trinajstić information content (AvgIpc) is 2.81. The van der Waals surface area contributed by atoms with Crippen LogP contribution in [0, 0.1) is 0 Å². The molecule has 0 saturated heterocycles. The summed E-state index contributed by atoms with van der Waals surface area (Å²) in [6.07, 6.45) is 1.39. The van der Waals surface area contributed by atoms with E-state index in [9.17, 15) is 4.79 Å². The highest BCUT2D eigenvalue weighted by molar-refractivity contribution is 5.88. The summed E-state index contributed by atoms with van der Waals surface area (Å²) in [5.41, 5.74) is 2.08. The van der Waals surface area contributed by atoms with Gasteiger partial charge in [-0.05, 0) is 24.7 Å². The molecule has 0 fully saturated rings. The zero-order chi connectivity index (χ0) is 15.4. The molecule has 21 heavy (non-hydrogen) atoms. The monoisotopic (exact) mass is 289 g/mol. The molecule has 0 aliphatic carbocycles. The third-order valence-electron chi connectivity index (χ3n) is 3.32. The first-order valence-electron chi connectivity index (χ1n) is 6.57. The summed E-state index contributed by atoms with van der Waals surface area (Å²) in [7, 11) is 5.34. The SMILES string of the molecule is COc1ccc(CN(C)Cc2c(C(=O)O)cnn2C)cc1. The van der Waals surface area contributed by atoms with Crippen LogP contribution in [0.1, 0.15) is 21.6 Å². The van der Waals surface area contributed by atoms with Gasteiger partial charge < -0.3 is 9.84 Å². The number of ether oxygens (including phenoxy) is 1. The van der Waals surface area contributed by atoms with E-state index in [-0.39, 0.29) is 5.56 Å². The summed E-state index contributed by atoms with van der Waals surface area (Å²) in [6, 6.07) is 7.82. The van der Waals surface area contributed by atoms with E-state index >= 15 is 0 Å². The van der Waals surface area contributed by atoms with Crippen molar-refractivity contribution in [3.8, 4) is 5.75 Å². The summed E-state index contributed by atoms with van der Waals surface area (Å²) in [6.45, 7) is 1.23. The van der Waals surface area contributed by atoms with Crippen molar-refractivity contribution in [1.82, 2.24) is 14.7 Å². The van der Waals surface area contributed by atoms with Crippen molar-refractivity contribution < 1.29 is 14.6 Å². The second-order valence-corrected chi connectivity index (χ2v) is 4.95. The van der Waals surface area contributed by atoms with Crippen molar-refractivity contribution in [2.75, 3.05) is 14.2 Å². The molecule has 0 radical (unpaired) electrons. The summed E-state index contributed by atoms with van der Waals surface area (Å²) in [5, 5.41) is 13.2. The van der Waals surface area contributed by atoms with Crippen LogP contribution in [0.4, 0.5) is 0 Å². The Hall–Kier alpha value is -2.34. The second-order valence-electron chi connectivity index (χ2n) is 4.95. The molecule has 6 heteroatoms. The van der Waals surface area contributed by atoms with Gasteiger partial charge in [0.15, 0.2) is 0 Å². The molecular weight excluding hydrogens is 270 g/mol. The summed E-state index contributed by atoms with van der Waals surface area (Å²) in [4.78, 5) is 13.2. The van der Waals surface area contributed by atoms with Crippen LogP contribution in [0.15, 0.2) is 30.5 Å². The maximum atomic E-state index is 11.2. The lowest BCUT2D eigenvalue weighted by atomic mass is 10.2. The Bertz CT molecular complexity index is 620. The van der Waals surface area contributed by atoms with Gasteiger partial charge in [-0.2, -0.15) is 5.10 Å². The van der Waals surface area contributed by atoms with Gasteiger partial charge in [-0.3, -0.25) is 9.58 Å². The number of hydrogen-bond donors (Lipinski definition) is 1. The quantitative estimate of drug-likeness (QED) is 0.877. The second kappa shape index (κ2) is 6.41. The van der Waals surface area contributed by atoms with Gasteiger partial charge in [0.2, 0.25) is 0 Å². The van der Waals surface area contributed by atoms with E-state index in [1.165, 1.54) is 6.20 Å². The van der Waals surface area contributed by atoms with Gasteiger partial charge in [0, 0.05) is 20.1 Å². The number of carbonyl (C=O) groups is 1. The van der Waals surface area contributed by atoms with E-state index in [0.717, 1.165) is 11.3 Å². The fourth-order valence-electron chi connectivity index (χ4n) is 2.18. The number of carboxylic acid groups (broad SMARTS) is 1. The van der Waals surface area contributed by atoms with Gasteiger partial charge in [-0.25, -0.2) is 4.79 Å². The van der Waals surface area contributed by atoms with Crippen LogP contribution < -0.4 is 4.74 Å². The van der Waals surface area contributed by atoms with E-state index in [1.807, 2.05) is 36.2 Å². The maximum Gasteiger partial charge on any atom is 0.339 e. The van der Waals surface area contributed by atoms with E-state index in [1.54, 1.807) is 18.8 Å². The number of aromatic carboxylic acids is 1. The fraction of sp³-hybridized carbons (Fsp3) is 0.333. The number of hydrogen-bond acceptors (Lipinski definition) is 4. The molecule has 0 atom stereocenters. The van der Waals surface area contributed by atoms with Crippen molar-refractivity contribution >= 4 is 5.97 Å². The molecule has 1 aromatic heterocycles. The molecular formula is C15H19N3O3. The Kier molecular flexibility index (Phi) is 4.59. The minimum Gasteiger partial charge on any atom is -0.497 e. The van der Waals surface area contributed by atoms with Crippen LogP contribution in [-0.4, -0.2) is 39.9 Å².